The maximum absolute atomic E-state index is 14.1. The minimum Gasteiger partial charge on any atom is -0.301 e. The van der Waals surface area contributed by atoms with Crippen molar-refractivity contribution in [1.82, 2.24) is 4.67 Å². The molecule has 0 N–H and O–H groups in total. The van der Waals surface area contributed by atoms with Crippen molar-refractivity contribution in [2.24, 2.45) is 0 Å². The Bertz CT molecular complexity index is 647. The fourth-order valence-electron chi connectivity index (χ4n) is 3.22. The summed E-state index contributed by atoms with van der Waals surface area (Å²) >= 11 is 3.60. The fourth-order valence-corrected chi connectivity index (χ4v) is 7.32. The Morgan fingerprint density at radius 2 is 1.68 bits per heavy atom. The summed E-state index contributed by atoms with van der Waals surface area (Å²) < 4.78 is 16.3. The van der Waals surface area contributed by atoms with E-state index in [1.165, 1.54) is 0 Å². The van der Waals surface area contributed by atoms with Crippen LogP contribution in [0.15, 0.2) is 60.7 Å². The van der Waals surface area contributed by atoms with Crippen LogP contribution in [0.4, 0.5) is 0 Å². The molecule has 1 saturated heterocycles. The molecule has 0 bridgehead atoms. The van der Waals surface area contributed by atoms with E-state index in [-0.39, 0.29) is 0 Å². The molecule has 0 aromatic heterocycles. The zero-order valence-corrected chi connectivity index (χ0v) is 15.0. The highest BCUT2D eigenvalue weighted by Gasteiger charge is 2.39. The Morgan fingerprint density at radius 1 is 1.05 bits per heavy atom. The summed E-state index contributed by atoms with van der Waals surface area (Å²) in [5.74, 6) is 0. The van der Waals surface area contributed by atoms with E-state index in [0.717, 1.165) is 35.6 Å². The van der Waals surface area contributed by atoms with Gasteiger partial charge in [0.25, 0.3) is 0 Å². The van der Waals surface area contributed by atoms with Crippen LogP contribution in [0, 0.1) is 0 Å². The van der Waals surface area contributed by atoms with Gasteiger partial charge in [0.15, 0.2) is 7.29 Å². The molecule has 4 heteroatoms. The molecule has 1 aliphatic rings. The highest BCUT2D eigenvalue weighted by molar-refractivity contribution is 9.09. The lowest BCUT2D eigenvalue weighted by atomic mass is 10.2. The van der Waals surface area contributed by atoms with Gasteiger partial charge >= 0.3 is 0 Å². The predicted molar refractivity (Wildman–Crippen MR) is 97.4 cm³/mol. The van der Waals surface area contributed by atoms with Gasteiger partial charge in [0.1, 0.15) is 0 Å². The number of nitrogens with zero attached hydrogens (tertiary/aromatic N) is 1. The number of halogens is 1. The first kappa shape index (κ1) is 16.0. The van der Waals surface area contributed by atoms with Crippen LogP contribution >= 0.6 is 23.2 Å². The largest absolute Gasteiger partial charge is 0.301 e. The highest BCUT2D eigenvalue weighted by Crippen LogP contribution is 2.55. The van der Waals surface area contributed by atoms with Gasteiger partial charge in [0, 0.05) is 29.4 Å². The first-order valence-electron chi connectivity index (χ1n) is 7.76. The third-order valence-electron chi connectivity index (χ3n) is 4.34. The molecular weight excluding hydrogens is 357 g/mol. The Kier molecular flexibility index (Phi) is 5.18. The Labute approximate surface area is 141 Å². The van der Waals surface area contributed by atoms with Crippen LogP contribution in [0.2, 0.25) is 0 Å². The predicted octanol–water partition coefficient (Wildman–Crippen LogP) is 4.65. The molecule has 1 unspecified atom stereocenters. The van der Waals surface area contributed by atoms with Crippen LogP contribution in [0.25, 0.3) is 0 Å². The summed E-state index contributed by atoms with van der Waals surface area (Å²) in [5, 5.41) is 1.87. The SMILES string of the molecule is O=P(Cc1ccccc1)(c1ccccc1)N1CCC[C@H]1CBr. The zero-order valence-electron chi connectivity index (χ0n) is 12.6. The molecule has 22 heavy (non-hydrogen) atoms. The lowest BCUT2D eigenvalue weighted by Crippen LogP contribution is -2.32. The minimum absolute atomic E-state index is 0.370. The van der Waals surface area contributed by atoms with Gasteiger partial charge in [-0.3, -0.25) is 0 Å². The highest BCUT2D eigenvalue weighted by atomic mass is 79.9. The van der Waals surface area contributed by atoms with Crippen LogP contribution < -0.4 is 5.30 Å². The summed E-state index contributed by atoms with van der Waals surface area (Å²) in [7, 11) is -2.61. The van der Waals surface area contributed by atoms with Crippen LogP contribution in [0.1, 0.15) is 18.4 Å². The average Bonchev–Trinajstić information content (AvgIpc) is 3.06. The summed E-state index contributed by atoms with van der Waals surface area (Å²) in [6.07, 6.45) is 2.86. The van der Waals surface area contributed by atoms with E-state index in [1.54, 1.807) is 0 Å². The number of hydrogen-bond donors (Lipinski definition) is 0. The quantitative estimate of drug-likeness (QED) is 0.558. The molecule has 0 aliphatic carbocycles. The van der Waals surface area contributed by atoms with Crippen molar-refractivity contribution in [3.63, 3.8) is 0 Å². The van der Waals surface area contributed by atoms with Gasteiger partial charge in [-0.25, -0.2) is 4.67 Å². The van der Waals surface area contributed by atoms with Crippen molar-refractivity contribution in [2.45, 2.75) is 25.0 Å². The standard InChI is InChI=1S/C18H21BrNOP/c19-14-17-10-7-13-20(17)22(21,18-11-5-2-6-12-18)15-16-8-3-1-4-9-16/h1-6,8-9,11-12,17H,7,10,13-15H2/t17-,22?/m0/s1. The van der Waals surface area contributed by atoms with Gasteiger partial charge in [-0.2, -0.15) is 0 Å². The molecule has 0 spiro atoms. The lowest BCUT2D eigenvalue weighted by molar-refractivity contribution is 0.417. The summed E-state index contributed by atoms with van der Waals surface area (Å²) in [6, 6.07) is 20.6. The van der Waals surface area contributed by atoms with Crippen molar-refractivity contribution in [1.29, 1.82) is 0 Å². The molecule has 0 amide bonds. The van der Waals surface area contributed by atoms with Crippen LogP contribution in [-0.2, 0) is 10.7 Å². The van der Waals surface area contributed by atoms with E-state index in [1.807, 2.05) is 48.5 Å². The van der Waals surface area contributed by atoms with Crippen LogP contribution in [0.3, 0.4) is 0 Å². The van der Waals surface area contributed by atoms with E-state index in [9.17, 15) is 4.57 Å². The molecule has 1 aliphatic heterocycles. The maximum Gasteiger partial charge on any atom is 0.183 e. The van der Waals surface area contributed by atoms with Crippen LogP contribution in [-0.4, -0.2) is 22.6 Å². The molecule has 2 aromatic rings. The molecule has 1 heterocycles. The van der Waals surface area contributed by atoms with Gasteiger partial charge in [0.2, 0.25) is 0 Å². The van der Waals surface area contributed by atoms with Crippen molar-refractivity contribution in [3.8, 4) is 0 Å². The molecular formula is C18H21BrNOP. The second-order valence-electron chi connectivity index (χ2n) is 5.79. The molecule has 0 saturated carbocycles. The first-order chi connectivity index (χ1) is 10.7. The Balaban J connectivity index is 2.00. The van der Waals surface area contributed by atoms with Crippen molar-refractivity contribution in [3.05, 3.63) is 66.2 Å². The van der Waals surface area contributed by atoms with Gasteiger partial charge < -0.3 is 4.57 Å². The van der Waals surface area contributed by atoms with E-state index >= 15 is 0 Å². The van der Waals surface area contributed by atoms with Crippen molar-refractivity contribution in [2.75, 3.05) is 11.9 Å². The zero-order chi connectivity index (χ0) is 15.4. The van der Waals surface area contributed by atoms with Gasteiger partial charge in [-0.05, 0) is 18.4 Å². The third-order valence-corrected chi connectivity index (χ3v) is 8.34. The van der Waals surface area contributed by atoms with E-state index < -0.39 is 7.29 Å². The summed E-state index contributed by atoms with van der Waals surface area (Å²) in [6.45, 7) is 0.926. The molecule has 1 fully saturated rings. The van der Waals surface area contributed by atoms with Gasteiger partial charge in [-0.1, -0.05) is 76.6 Å². The molecule has 3 rings (SSSR count). The monoisotopic (exact) mass is 377 g/mol. The Morgan fingerprint density at radius 3 is 2.32 bits per heavy atom. The smallest absolute Gasteiger partial charge is 0.183 e. The molecule has 0 radical (unpaired) electrons. The summed E-state index contributed by atoms with van der Waals surface area (Å²) in [4.78, 5) is 0. The minimum atomic E-state index is -2.61. The van der Waals surface area contributed by atoms with E-state index in [4.69, 9.17) is 0 Å². The topological polar surface area (TPSA) is 20.3 Å². The van der Waals surface area contributed by atoms with Crippen LogP contribution in [0.5, 0.6) is 0 Å². The van der Waals surface area contributed by atoms with Gasteiger partial charge in [0.05, 0.1) is 0 Å². The van der Waals surface area contributed by atoms with E-state index in [2.05, 4.69) is 32.7 Å². The summed E-state index contributed by atoms with van der Waals surface area (Å²) in [5.41, 5.74) is 1.15. The fraction of sp³-hybridized carbons (Fsp3) is 0.333. The molecule has 2 nitrogen and oxygen atoms in total. The number of rotatable bonds is 5. The molecule has 2 atom stereocenters. The number of alkyl halides is 1. The maximum atomic E-state index is 14.1. The van der Waals surface area contributed by atoms with Crippen molar-refractivity contribution < 1.29 is 4.57 Å². The molecule has 2 aromatic carbocycles. The second kappa shape index (κ2) is 7.12. The number of hydrogen-bond acceptors (Lipinski definition) is 1. The Hall–Kier alpha value is -0.890. The van der Waals surface area contributed by atoms with Crippen molar-refractivity contribution >= 4 is 28.5 Å². The molecule has 116 valence electrons. The normalized spacial score (nSPS) is 21.6. The lowest BCUT2D eigenvalue weighted by Gasteiger charge is -2.33. The third kappa shape index (κ3) is 3.22. The average molecular weight is 378 g/mol. The first-order valence-corrected chi connectivity index (χ1v) is 10.7. The van der Waals surface area contributed by atoms with Gasteiger partial charge in [-0.15, -0.1) is 0 Å². The number of benzene rings is 2. The second-order valence-corrected chi connectivity index (χ2v) is 9.19. The van der Waals surface area contributed by atoms with E-state index in [0.29, 0.717) is 12.2 Å².